The Kier molecular flexibility index (Phi) is 5.53. The highest BCUT2D eigenvalue weighted by atomic mass is 35.5. The lowest BCUT2D eigenvalue weighted by Crippen LogP contribution is -2.26. The number of halogens is 1. The van der Waals surface area contributed by atoms with E-state index in [1.54, 1.807) is 7.11 Å². The van der Waals surface area contributed by atoms with E-state index in [0.29, 0.717) is 5.92 Å². The maximum absolute atomic E-state index is 6.18. The first-order valence-electron chi connectivity index (χ1n) is 7.24. The normalized spacial score (nSPS) is 18.3. The van der Waals surface area contributed by atoms with E-state index in [1.807, 2.05) is 19.2 Å². The molecule has 1 aliphatic carbocycles. The zero-order valence-corrected chi connectivity index (χ0v) is 12.7. The standard InChI is InChI=1S/C16H24ClNO/c1-18-11-15(12-6-4-3-5-7-12)14-10-13(17)8-9-16(14)19-2/h8-10,12,15,18H,3-7,11H2,1-2H3. The molecule has 0 spiro atoms. The average molecular weight is 282 g/mol. The van der Waals surface area contributed by atoms with Crippen LogP contribution in [0.15, 0.2) is 18.2 Å². The maximum Gasteiger partial charge on any atom is 0.122 e. The summed E-state index contributed by atoms with van der Waals surface area (Å²) < 4.78 is 5.53. The van der Waals surface area contributed by atoms with Crippen LogP contribution in [0.25, 0.3) is 0 Å². The fraction of sp³-hybridized carbons (Fsp3) is 0.625. The third-order valence-corrected chi connectivity index (χ3v) is 4.47. The lowest BCUT2D eigenvalue weighted by molar-refractivity contribution is 0.293. The Labute approximate surface area is 121 Å². The van der Waals surface area contributed by atoms with Gasteiger partial charge in [0.25, 0.3) is 0 Å². The van der Waals surface area contributed by atoms with Crippen molar-refractivity contribution in [3.8, 4) is 5.75 Å². The molecule has 0 saturated heterocycles. The quantitative estimate of drug-likeness (QED) is 0.872. The predicted molar refractivity (Wildman–Crippen MR) is 81.2 cm³/mol. The van der Waals surface area contributed by atoms with E-state index >= 15 is 0 Å². The minimum atomic E-state index is 0.499. The number of hydrogen-bond acceptors (Lipinski definition) is 2. The van der Waals surface area contributed by atoms with Crippen molar-refractivity contribution in [2.75, 3.05) is 20.7 Å². The molecule has 1 saturated carbocycles. The largest absolute Gasteiger partial charge is 0.496 e. The molecule has 0 bridgehead atoms. The minimum absolute atomic E-state index is 0.499. The third kappa shape index (κ3) is 3.64. The lowest BCUT2D eigenvalue weighted by Gasteiger charge is -2.31. The van der Waals surface area contributed by atoms with Gasteiger partial charge in [0.2, 0.25) is 0 Å². The van der Waals surface area contributed by atoms with Crippen molar-refractivity contribution in [3.05, 3.63) is 28.8 Å². The first-order chi connectivity index (χ1) is 9.26. The molecule has 1 unspecified atom stereocenters. The first kappa shape index (κ1) is 14.7. The van der Waals surface area contributed by atoms with Crippen LogP contribution >= 0.6 is 11.6 Å². The van der Waals surface area contributed by atoms with Crippen molar-refractivity contribution in [1.82, 2.24) is 5.32 Å². The Morgan fingerprint density at radius 1 is 1.32 bits per heavy atom. The Bertz CT molecular complexity index is 402. The van der Waals surface area contributed by atoms with E-state index in [4.69, 9.17) is 16.3 Å². The molecular formula is C16H24ClNO. The van der Waals surface area contributed by atoms with Gasteiger partial charge in [0.05, 0.1) is 7.11 Å². The van der Waals surface area contributed by atoms with Gasteiger partial charge in [-0.2, -0.15) is 0 Å². The fourth-order valence-electron chi connectivity index (χ4n) is 3.28. The lowest BCUT2D eigenvalue weighted by atomic mass is 9.76. The first-order valence-corrected chi connectivity index (χ1v) is 7.62. The summed E-state index contributed by atoms with van der Waals surface area (Å²) in [6.07, 6.45) is 6.74. The van der Waals surface area contributed by atoms with Gasteiger partial charge in [0.1, 0.15) is 5.75 Å². The van der Waals surface area contributed by atoms with Gasteiger partial charge in [-0.15, -0.1) is 0 Å². The van der Waals surface area contributed by atoms with Gasteiger partial charge in [-0.1, -0.05) is 30.9 Å². The zero-order chi connectivity index (χ0) is 13.7. The molecule has 1 aromatic rings. The topological polar surface area (TPSA) is 21.3 Å². The molecule has 0 radical (unpaired) electrons. The number of ether oxygens (including phenoxy) is 1. The maximum atomic E-state index is 6.18. The number of nitrogens with one attached hydrogen (secondary N) is 1. The van der Waals surface area contributed by atoms with E-state index in [1.165, 1.54) is 37.7 Å². The molecule has 0 aromatic heterocycles. The molecule has 2 nitrogen and oxygen atoms in total. The molecule has 1 atom stereocenters. The molecule has 1 aliphatic rings. The molecular weight excluding hydrogens is 258 g/mol. The van der Waals surface area contributed by atoms with Crippen LogP contribution in [0.4, 0.5) is 0 Å². The van der Waals surface area contributed by atoms with Gasteiger partial charge in [0, 0.05) is 23.0 Å². The highest BCUT2D eigenvalue weighted by Gasteiger charge is 2.26. The molecule has 1 fully saturated rings. The number of hydrogen-bond donors (Lipinski definition) is 1. The molecule has 19 heavy (non-hydrogen) atoms. The monoisotopic (exact) mass is 281 g/mol. The summed E-state index contributed by atoms with van der Waals surface area (Å²) in [4.78, 5) is 0. The van der Waals surface area contributed by atoms with Gasteiger partial charge in [-0.25, -0.2) is 0 Å². The Balaban J connectivity index is 2.28. The molecule has 3 heteroatoms. The Morgan fingerprint density at radius 2 is 2.05 bits per heavy atom. The van der Waals surface area contributed by atoms with Crippen molar-refractivity contribution < 1.29 is 4.74 Å². The smallest absolute Gasteiger partial charge is 0.122 e. The zero-order valence-electron chi connectivity index (χ0n) is 11.9. The molecule has 1 N–H and O–H groups in total. The van der Waals surface area contributed by atoms with E-state index in [0.717, 1.165) is 23.2 Å². The van der Waals surface area contributed by atoms with Crippen molar-refractivity contribution in [3.63, 3.8) is 0 Å². The molecule has 0 heterocycles. The van der Waals surface area contributed by atoms with E-state index < -0.39 is 0 Å². The molecule has 0 amide bonds. The highest BCUT2D eigenvalue weighted by Crippen LogP contribution is 2.40. The Morgan fingerprint density at radius 3 is 2.68 bits per heavy atom. The fourth-order valence-corrected chi connectivity index (χ4v) is 3.46. The van der Waals surface area contributed by atoms with Crippen LogP contribution in [-0.4, -0.2) is 20.7 Å². The van der Waals surface area contributed by atoms with Gasteiger partial charge in [0.15, 0.2) is 0 Å². The van der Waals surface area contributed by atoms with Gasteiger partial charge >= 0.3 is 0 Å². The second-order valence-electron chi connectivity index (χ2n) is 5.45. The average Bonchev–Trinajstić information content (AvgIpc) is 2.45. The highest BCUT2D eigenvalue weighted by molar-refractivity contribution is 6.30. The van der Waals surface area contributed by atoms with Crippen LogP contribution in [-0.2, 0) is 0 Å². The SMILES string of the molecule is CNCC(c1cc(Cl)ccc1OC)C1CCCCC1. The van der Waals surface area contributed by atoms with Crippen molar-refractivity contribution in [2.24, 2.45) is 5.92 Å². The van der Waals surface area contributed by atoms with Gasteiger partial charge < -0.3 is 10.1 Å². The molecule has 106 valence electrons. The third-order valence-electron chi connectivity index (χ3n) is 4.23. The van der Waals surface area contributed by atoms with Crippen LogP contribution in [0.3, 0.4) is 0 Å². The van der Waals surface area contributed by atoms with Gasteiger partial charge in [-0.3, -0.25) is 0 Å². The second-order valence-corrected chi connectivity index (χ2v) is 5.88. The summed E-state index contributed by atoms with van der Waals surface area (Å²) in [5.41, 5.74) is 1.26. The van der Waals surface area contributed by atoms with Crippen LogP contribution in [0.2, 0.25) is 5.02 Å². The van der Waals surface area contributed by atoms with E-state index in [2.05, 4.69) is 11.4 Å². The van der Waals surface area contributed by atoms with Gasteiger partial charge in [-0.05, 0) is 44.0 Å². The Hall–Kier alpha value is -0.730. The summed E-state index contributed by atoms with van der Waals surface area (Å²) >= 11 is 6.18. The molecule has 2 rings (SSSR count). The van der Waals surface area contributed by atoms with Crippen molar-refractivity contribution in [1.29, 1.82) is 0 Å². The van der Waals surface area contributed by atoms with Crippen molar-refractivity contribution >= 4 is 11.6 Å². The summed E-state index contributed by atoms with van der Waals surface area (Å²) in [6.45, 7) is 0.987. The van der Waals surface area contributed by atoms with Crippen LogP contribution in [0, 0.1) is 5.92 Å². The van der Waals surface area contributed by atoms with Crippen molar-refractivity contribution in [2.45, 2.75) is 38.0 Å². The summed E-state index contributed by atoms with van der Waals surface area (Å²) in [6, 6.07) is 5.97. The van der Waals surface area contributed by atoms with E-state index in [-0.39, 0.29) is 0 Å². The van der Waals surface area contributed by atoms with Crippen LogP contribution < -0.4 is 10.1 Å². The number of rotatable bonds is 5. The number of methoxy groups -OCH3 is 1. The van der Waals surface area contributed by atoms with Crippen LogP contribution in [0.5, 0.6) is 5.75 Å². The van der Waals surface area contributed by atoms with E-state index in [9.17, 15) is 0 Å². The number of benzene rings is 1. The number of likely N-dealkylation sites (N-methyl/N-ethyl adjacent to an activating group) is 1. The molecule has 0 aliphatic heterocycles. The van der Waals surface area contributed by atoms with Crippen LogP contribution in [0.1, 0.15) is 43.6 Å². The molecule has 1 aromatic carbocycles. The minimum Gasteiger partial charge on any atom is -0.496 e. The summed E-state index contributed by atoms with van der Waals surface area (Å²) in [7, 11) is 3.76. The summed E-state index contributed by atoms with van der Waals surface area (Å²) in [5, 5.41) is 4.13. The predicted octanol–water partition coefficient (Wildman–Crippen LogP) is 4.23. The second kappa shape index (κ2) is 7.16. The summed E-state index contributed by atoms with van der Waals surface area (Å²) in [5.74, 6) is 2.21.